The Bertz CT molecular complexity index is 6240. The van der Waals surface area contributed by atoms with Gasteiger partial charge >= 0.3 is 0 Å². The fourth-order valence-corrected chi connectivity index (χ4v) is 14.7. The van der Waals surface area contributed by atoms with E-state index in [2.05, 4.69) is 337 Å². The maximum Gasteiger partial charge on any atom is 0.235 e. The second-order valence-electron chi connectivity index (χ2n) is 24.9. The molecule has 0 N–H and O–H groups in total. The van der Waals surface area contributed by atoms with Crippen LogP contribution in [-0.4, -0.2) is 29.1 Å². The molecule has 0 saturated carbocycles. The SMILES string of the molecule is c1ccc(-c2ccc(-c3ccc4ccc5c(c4c3)c3ccccc3n5-c3nc(-c4ccccc4)cc(-c4cccc(-c5cc6ccccc6c6cc(-c7ccc8c(ccc9c8c8ccccc8n9-c8nc(-c9ccccc9)cc(-c9ccccc9)n8)c7)ccc56)c4)n3)cc2)cc1. The van der Waals surface area contributed by atoms with Gasteiger partial charge in [-0.2, -0.15) is 0 Å². The Balaban J connectivity index is 0.713. The van der Waals surface area contributed by atoms with Gasteiger partial charge in [0.25, 0.3) is 0 Å². The van der Waals surface area contributed by atoms with Crippen molar-refractivity contribution in [1.29, 1.82) is 0 Å². The molecule has 0 fully saturated rings. The van der Waals surface area contributed by atoms with Crippen LogP contribution in [0, 0.1) is 0 Å². The summed E-state index contributed by atoms with van der Waals surface area (Å²) in [5.41, 5.74) is 21.0. The molecule has 0 bridgehead atoms. The quantitative estimate of drug-likeness (QED) is 0.128. The first kappa shape index (κ1) is 54.8. The summed E-state index contributed by atoms with van der Waals surface area (Å²) in [6.45, 7) is 0. The van der Waals surface area contributed by atoms with Crippen LogP contribution in [0.1, 0.15) is 0 Å². The largest absolute Gasteiger partial charge is 0.278 e. The lowest BCUT2D eigenvalue weighted by atomic mass is 9.90. The molecular weight excluding hydrogens is 1170 g/mol. The monoisotopic (exact) mass is 1220 g/mol. The molecule has 19 rings (SSSR count). The van der Waals surface area contributed by atoms with E-state index in [4.69, 9.17) is 19.9 Å². The van der Waals surface area contributed by atoms with Gasteiger partial charge in [0.05, 0.1) is 44.8 Å². The smallest absolute Gasteiger partial charge is 0.235 e. The van der Waals surface area contributed by atoms with Crippen molar-refractivity contribution in [3.05, 3.63) is 340 Å². The Morgan fingerprint density at radius 1 is 0.177 bits per heavy atom. The van der Waals surface area contributed by atoms with Crippen LogP contribution >= 0.6 is 0 Å². The molecule has 15 aromatic carbocycles. The number of para-hydroxylation sites is 2. The third-order valence-corrected chi connectivity index (χ3v) is 19.3. The fraction of sp³-hybridized carbons (Fsp3) is 0. The van der Waals surface area contributed by atoms with E-state index in [1.54, 1.807) is 0 Å². The third kappa shape index (κ3) is 9.26. The van der Waals surface area contributed by atoms with Gasteiger partial charge in [0, 0.05) is 43.8 Å². The van der Waals surface area contributed by atoms with Crippen molar-refractivity contribution in [2.24, 2.45) is 0 Å². The molecule has 19 aromatic rings. The average Bonchev–Trinajstić information content (AvgIpc) is 1.42. The average molecular weight is 1220 g/mol. The number of benzene rings is 15. The first-order valence-corrected chi connectivity index (χ1v) is 32.7. The molecule has 6 heteroatoms. The van der Waals surface area contributed by atoms with Gasteiger partial charge in [0.15, 0.2) is 0 Å². The number of hydrogen-bond donors (Lipinski definition) is 0. The molecule has 6 nitrogen and oxygen atoms in total. The van der Waals surface area contributed by atoms with Gasteiger partial charge in [0.1, 0.15) is 0 Å². The van der Waals surface area contributed by atoms with Crippen molar-refractivity contribution in [1.82, 2.24) is 29.1 Å². The Morgan fingerprint density at radius 2 is 0.562 bits per heavy atom. The molecule has 0 aliphatic carbocycles. The van der Waals surface area contributed by atoms with Gasteiger partial charge in [-0.05, 0) is 154 Å². The van der Waals surface area contributed by atoms with Crippen molar-refractivity contribution in [3.63, 3.8) is 0 Å². The minimum Gasteiger partial charge on any atom is -0.278 e. The van der Waals surface area contributed by atoms with Crippen LogP contribution in [-0.2, 0) is 0 Å². The summed E-state index contributed by atoms with van der Waals surface area (Å²) in [7, 11) is 0. The van der Waals surface area contributed by atoms with E-state index in [9.17, 15) is 0 Å². The predicted molar refractivity (Wildman–Crippen MR) is 400 cm³/mol. The zero-order valence-electron chi connectivity index (χ0n) is 52.0. The van der Waals surface area contributed by atoms with Gasteiger partial charge in [-0.3, -0.25) is 9.13 Å². The minimum atomic E-state index is 0.612. The third-order valence-electron chi connectivity index (χ3n) is 19.3. The Kier molecular flexibility index (Phi) is 12.8. The highest BCUT2D eigenvalue weighted by Gasteiger charge is 2.23. The summed E-state index contributed by atoms with van der Waals surface area (Å²) in [6.07, 6.45) is 0. The lowest BCUT2D eigenvalue weighted by Gasteiger charge is -2.15. The number of rotatable bonds is 10. The minimum absolute atomic E-state index is 0.612. The molecule has 4 heterocycles. The maximum atomic E-state index is 5.58. The van der Waals surface area contributed by atoms with Gasteiger partial charge in [0.2, 0.25) is 11.9 Å². The maximum absolute atomic E-state index is 5.58. The normalized spacial score (nSPS) is 11.8. The van der Waals surface area contributed by atoms with E-state index in [-0.39, 0.29) is 0 Å². The van der Waals surface area contributed by atoms with Crippen LogP contribution in [0.2, 0.25) is 0 Å². The predicted octanol–water partition coefficient (Wildman–Crippen LogP) is 23.4. The summed E-state index contributed by atoms with van der Waals surface area (Å²) >= 11 is 0. The van der Waals surface area contributed by atoms with E-state index in [1.165, 1.54) is 70.7 Å². The summed E-state index contributed by atoms with van der Waals surface area (Å²) in [6, 6.07) is 122. The summed E-state index contributed by atoms with van der Waals surface area (Å²) in [5, 5.41) is 14.1. The zero-order valence-corrected chi connectivity index (χ0v) is 52.0. The molecule has 96 heavy (non-hydrogen) atoms. The Labute approximate surface area is 553 Å². The number of aromatic nitrogens is 6. The van der Waals surface area contributed by atoms with E-state index in [0.29, 0.717) is 11.9 Å². The van der Waals surface area contributed by atoms with Crippen LogP contribution in [0.25, 0.3) is 188 Å². The highest BCUT2D eigenvalue weighted by molar-refractivity contribution is 6.23. The highest BCUT2D eigenvalue weighted by atomic mass is 15.2. The summed E-state index contributed by atoms with van der Waals surface area (Å²) < 4.78 is 4.50. The standard InChI is InChI=1S/C90H56N6/c1-5-20-57(21-6-1)58-36-38-59(39-37-58)65-41-40-60-44-48-86-88(77(60)52-65)75-33-16-18-35-84(75)96(86)90-93-81(63-26-11-4-12-27-63)56-82(94-90)70-30-19-29-67(51-70)76-54-68-28-13-14-31-71(68)78-53-66(43-47-73(76)78)64-42-46-72-69(50-64)45-49-85-87(72)74-32-15-17-34-83(74)95(85)89-91-79(61-22-7-2-8-23-61)55-80(92-89)62-24-9-3-10-25-62/h1-56H. The molecule has 0 radical (unpaired) electrons. The van der Waals surface area contributed by atoms with Gasteiger partial charge < -0.3 is 0 Å². The van der Waals surface area contributed by atoms with Crippen molar-refractivity contribution in [2.75, 3.05) is 0 Å². The number of nitrogens with zero attached hydrogens (tertiary/aromatic N) is 6. The Hall–Kier alpha value is -12.9. The molecule has 0 aliphatic heterocycles. The topological polar surface area (TPSA) is 61.4 Å². The van der Waals surface area contributed by atoms with Crippen LogP contribution < -0.4 is 0 Å². The van der Waals surface area contributed by atoms with E-state index < -0.39 is 0 Å². The van der Waals surface area contributed by atoms with Crippen molar-refractivity contribution in [2.45, 2.75) is 0 Å². The first-order chi connectivity index (χ1) is 47.6. The number of hydrogen-bond acceptors (Lipinski definition) is 4. The molecule has 0 saturated heterocycles. The second-order valence-corrected chi connectivity index (χ2v) is 24.9. The number of fused-ring (bicyclic) bond motifs is 13. The fourth-order valence-electron chi connectivity index (χ4n) is 14.7. The van der Waals surface area contributed by atoms with E-state index in [0.717, 1.165) is 106 Å². The first-order valence-electron chi connectivity index (χ1n) is 32.7. The lowest BCUT2D eigenvalue weighted by molar-refractivity contribution is 0.995. The van der Waals surface area contributed by atoms with Gasteiger partial charge in [-0.25, -0.2) is 19.9 Å². The molecule has 4 aromatic heterocycles. The van der Waals surface area contributed by atoms with Crippen molar-refractivity contribution >= 4 is 86.7 Å². The van der Waals surface area contributed by atoms with E-state index in [1.807, 2.05) is 12.1 Å². The van der Waals surface area contributed by atoms with Gasteiger partial charge in [-0.1, -0.05) is 273 Å². The molecule has 0 spiro atoms. The molecule has 0 aliphatic rings. The van der Waals surface area contributed by atoms with Crippen molar-refractivity contribution < 1.29 is 0 Å². The van der Waals surface area contributed by atoms with Crippen molar-refractivity contribution in [3.8, 4) is 101 Å². The van der Waals surface area contributed by atoms with Crippen LogP contribution in [0.4, 0.5) is 0 Å². The molecule has 446 valence electrons. The molecular formula is C90H56N6. The lowest BCUT2D eigenvalue weighted by Crippen LogP contribution is -2.04. The summed E-state index contributed by atoms with van der Waals surface area (Å²) in [4.78, 5) is 21.7. The van der Waals surface area contributed by atoms with Gasteiger partial charge in [-0.15, -0.1) is 0 Å². The van der Waals surface area contributed by atoms with Crippen LogP contribution in [0.15, 0.2) is 340 Å². The van der Waals surface area contributed by atoms with E-state index >= 15 is 0 Å². The summed E-state index contributed by atoms with van der Waals surface area (Å²) in [5.74, 6) is 1.24. The highest BCUT2D eigenvalue weighted by Crippen LogP contribution is 2.44. The van der Waals surface area contributed by atoms with Crippen LogP contribution in [0.3, 0.4) is 0 Å². The zero-order chi connectivity index (χ0) is 63.2. The molecule has 0 atom stereocenters. The van der Waals surface area contributed by atoms with Crippen LogP contribution in [0.5, 0.6) is 0 Å². The molecule has 0 unspecified atom stereocenters. The molecule has 0 amide bonds. The Morgan fingerprint density at radius 3 is 1.16 bits per heavy atom. The second kappa shape index (κ2) is 22.4.